The predicted octanol–water partition coefficient (Wildman–Crippen LogP) is 1.39. The molecule has 1 aromatic rings. The van der Waals surface area contributed by atoms with Crippen LogP contribution >= 0.6 is 11.3 Å². The maximum atomic E-state index is 3.25. The van der Waals surface area contributed by atoms with Crippen molar-refractivity contribution in [2.75, 3.05) is 6.54 Å². The molecule has 2 rings (SSSR count). The van der Waals surface area contributed by atoms with Crippen LogP contribution in [0.15, 0.2) is 17.5 Å². The highest BCUT2D eigenvalue weighted by Crippen LogP contribution is 2.25. The third-order valence-corrected chi connectivity index (χ3v) is 2.28. The van der Waals surface area contributed by atoms with E-state index in [9.17, 15) is 0 Å². The molecule has 0 saturated carbocycles. The van der Waals surface area contributed by atoms with Gasteiger partial charge in [-0.1, -0.05) is 6.07 Å². The van der Waals surface area contributed by atoms with Gasteiger partial charge in [-0.2, -0.15) is 0 Å². The zero-order valence-electron chi connectivity index (χ0n) is 4.42. The minimum Gasteiger partial charge on any atom is -0.306 e. The summed E-state index contributed by atoms with van der Waals surface area (Å²) >= 11 is 1.83. The number of thiophene rings is 1. The molecule has 2 heteroatoms. The van der Waals surface area contributed by atoms with Gasteiger partial charge in [0.05, 0.1) is 6.04 Å². The first-order valence-corrected chi connectivity index (χ1v) is 3.61. The normalized spacial score (nSPS) is 25.8. The maximum absolute atomic E-state index is 3.25. The molecule has 1 aliphatic rings. The molecule has 0 aromatic carbocycles. The Balaban J connectivity index is 2.28. The van der Waals surface area contributed by atoms with E-state index in [0.717, 1.165) is 0 Å². The predicted molar refractivity (Wildman–Crippen MR) is 35.1 cm³/mol. The first-order valence-electron chi connectivity index (χ1n) is 2.73. The summed E-state index contributed by atoms with van der Waals surface area (Å²) in [5.74, 6) is 0. The molecule has 1 unspecified atom stereocenters. The number of hydrogen-bond donors (Lipinski definition) is 1. The van der Waals surface area contributed by atoms with E-state index in [-0.39, 0.29) is 0 Å². The summed E-state index contributed by atoms with van der Waals surface area (Å²) in [5, 5.41) is 5.37. The molecule has 0 radical (unpaired) electrons. The molecular weight excluding hydrogens is 118 g/mol. The summed E-state index contributed by atoms with van der Waals surface area (Å²) in [6.07, 6.45) is 0. The lowest BCUT2D eigenvalue weighted by molar-refractivity contribution is 1.12. The molecule has 1 fully saturated rings. The topological polar surface area (TPSA) is 21.9 Å². The second kappa shape index (κ2) is 1.57. The molecule has 1 aromatic heterocycles. The van der Waals surface area contributed by atoms with Gasteiger partial charge >= 0.3 is 0 Å². The van der Waals surface area contributed by atoms with Gasteiger partial charge in [0.15, 0.2) is 0 Å². The Morgan fingerprint density at radius 3 is 3.12 bits per heavy atom. The molecule has 1 nitrogen and oxygen atoms in total. The van der Waals surface area contributed by atoms with Gasteiger partial charge in [0.2, 0.25) is 0 Å². The smallest absolute Gasteiger partial charge is 0.0542 e. The number of rotatable bonds is 1. The molecule has 1 aliphatic heterocycles. The van der Waals surface area contributed by atoms with Gasteiger partial charge in [-0.25, -0.2) is 0 Å². The van der Waals surface area contributed by atoms with E-state index < -0.39 is 0 Å². The molecule has 0 amide bonds. The summed E-state index contributed by atoms with van der Waals surface area (Å²) in [6.45, 7) is 1.18. The second-order valence-corrected chi connectivity index (χ2v) is 2.96. The van der Waals surface area contributed by atoms with Crippen molar-refractivity contribution in [2.24, 2.45) is 0 Å². The van der Waals surface area contributed by atoms with E-state index in [1.165, 1.54) is 11.4 Å². The van der Waals surface area contributed by atoms with Crippen molar-refractivity contribution in [3.05, 3.63) is 22.4 Å². The van der Waals surface area contributed by atoms with Gasteiger partial charge in [-0.05, 0) is 11.4 Å². The van der Waals surface area contributed by atoms with Crippen LogP contribution in [0, 0.1) is 0 Å². The third-order valence-electron chi connectivity index (χ3n) is 1.29. The Bertz CT molecular complexity index is 165. The largest absolute Gasteiger partial charge is 0.306 e. The highest BCUT2D eigenvalue weighted by Gasteiger charge is 2.22. The van der Waals surface area contributed by atoms with Gasteiger partial charge in [-0.3, -0.25) is 0 Å². The zero-order chi connectivity index (χ0) is 5.40. The fourth-order valence-corrected chi connectivity index (χ4v) is 1.55. The van der Waals surface area contributed by atoms with Crippen LogP contribution in [0.2, 0.25) is 0 Å². The number of nitrogens with one attached hydrogen (secondary N) is 1. The highest BCUT2D eigenvalue weighted by atomic mass is 32.1. The molecule has 2 heterocycles. The van der Waals surface area contributed by atoms with Gasteiger partial charge in [0.25, 0.3) is 0 Å². The molecular formula is C6H7NS. The first kappa shape index (κ1) is 4.53. The minimum absolute atomic E-state index is 0.704. The monoisotopic (exact) mass is 125 g/mol. The average Bonchev–Trinajstić information content (AvgIpc) is 2.49. The molecule has 0 aliphatic carbocycles. The second-order valence-electron chi connectivity index (χ2n) is 1.98. The summed E-state index contributed by atoms with van der Waals surface area (Å²) in [5.41, 5.74) is 0. The third kappa shape index (κ3) is 0.659. The Morgan fingerprint density at radius 2 is 2.62 bits per heavy atom. The molecule has 8 heavy (non-hydrogen) atoms. The van der Waals surface area contributed by atoms with E-state index in [2.05, 4.69) is 22.8 Å². The van der Waals surface area contributed by atoms with Crippen LogP contribution in [-0.4, -0.2) is 6.54 Å². The van der Waals surface area contributed by atoms with Crippen LogP contribution in [0.4, 0.5) is 0 Å². The number of hydrogen-bond acceptors (Lipinski definition) is 2. The van der Waals surface area contributed by atoms with Gasteiger partial charge < -0.3 is 5.32 Å². The van der Waals surface area contributed by atoms with Crippen molar-refractivity contribution >= 4 is 11.3 Å². The SMILES string of the molecule is c1csc(C2CN2)c1. The average molecular weight is 125 g/mol. The Hall–Kier alpha value is -0.340. The Kier molecular flexibility index (Phi) is 0.889. The lowest BCUT2D eigenvalue weighted by Crippen LogP contribution is -1.73. The van der Waals surface area contributed by atoms with Crippen molar-refractivity contribution in [3.8, 4) is 0 Å². The summed E-state index contributed by atoms with van der Waals surface area (Å²) in [6, 6.07) is 4.98. The zero-order valence-corrected chi connectivity index (χ0v) is 5.24. The maximum Gasteiger partial charge on any atom is 0.0542 e. The molecule has 1 atom stereocenters. The van der Waals surface area contributed by atoms with Crippen molar-refractivity contribution in [3.63, 3.8) is 0 Å². The summed E-state index contributed by atoms with van der Waals surface area (Å²) in [7, 11) is 0. The lowest BCUT2D eigenvalue weighted by Gasteiger charge is -1.81. The van der Waals surface area contributed by atoms with E-state index in [1.807, 2.05) is 11.3 Å². The van der Waals surface area contributed by atoms with Crippen molar-refractivity contribution in [2.45, 2.75) is 6.04 Å². The standard InChI is InChI=1S/C6H7NS/c1-2-6(8-3-1)5-4-7-5/h1-3,5,7H,4H2. The lowest BCUT2D eigenvalue weighted by atomic mass is 10.4. The van der Waals surface area contributed by atoms with Gasteiger partial charge in [0.1, 0.15) is 0 Å². The van der Waals surface area contributed by atoms with Crippen molar-refractivity contribution in [1.29, 1.82) is 0 Å². The molecule has 42 valence electrons. The van der Waals surface area contributed by atoms with E-state index in [0.29, 0.717) is 6.04 Å². The Labute approximate surface area is 52.3 Å². The van der Waals surface area contributed by atoms with Crippen LogP contribution < -0.4 is 5.32 Å². The van der Waals surface area contributed by atoms with Gasteiger partial charge in [-0.15, -0.1) is 11.3 Å². The highest BCUT2D eigenvalue weighted by molar-refractivity contribution is 7.10. The summed E-state index contributed by atoms with van der Waals surface area (Å²) < 4.78 is 0. The van der Waals surface area contributed by atoms with E-state index in [1.54, 1.807) is 0 Å². The van der Waals surface area contributed by atoms with Crippen LogP contribution in [-0.2, 0) is 0 Å². The Morgan fingerprint density at radius 1 is 1.75 bits per heavy atom. The molecule has 1 saturated heterocycles. The van der Waals surface area contributed by atoms with E-state index in [4.69, 9.17) is 0 Å². The summed E-state index contributed by atoms with van der Waals surface area (Å²) in [4.78, 5) is 1.48. The van der Waals surface area contributed by atoms with Gasteiger partial charge in [0, 0.05) is 11.4 Å². The molecule has 0 spiro atoms. The minimum atomic E-state index is 0.704. The van der Waals surface area contributed by atoms with Crippen LogP contribution in [0.25, 0.3) is 0 Å². The molecule has 1 N–H and O–H groups in total. The van der Waals surface area contributed by atoms with Crippen LogP contribution in [0.3, 0.4) is 0 Å². The fraction of sp³-hybridized carbons (Fsp3) is 0.333. The quantitative estimate of drug-likeness (QED) is 0.563. The van der Waals surface area contributed by atoms with Crippen molar-refractivity contribution in [1.82, 2.24) is 5.32 Å². The molecule has 0 bridgehead atoms. The first-order chi connectivity index (χ1) is 3.97. The van der Waals surface area contributed by atoms with Crippen LogP contribution in [0.1, 0.15) is 10.9 Å². The fourth-order valence-electron chi connectivity index (χ4n) is 0.750. The van der Waals surface area contributed by atoms with Crippen LogP contribution in [0.5, 0.6) is 0 Å². The van der Waals surface area contributed by atoms with E-state index >= 15 is 0 Å². The van der Waals surface area contributed by atoms with Crippen molar-refractivity contribution < 1.29 is 0 Å².